The predicted octanol–water partition coefficient (Wildman–Crippen LogP) is -0.212. The van der Waals surface area contributed by atoms with Crippen LogP contribution < -0.4 is 5.32 Å². The third-order valence-corrected chi connectivity index (χ3v) is 3.77. The maximum atomic E-state index is 11.7. The number of amides is 1. The lowest BCUT2D eigenvalue weighted by Crippen LogP contribution is -2.52. The molecular formula is C11H15N3O4S. The summed E-state index contributed by atoms with van der Waals surface area (Å²) in [7, 11) is 1.58. The molecule has 2 heterocycles. The van der Waals surface area contributed by atoms with Gasteiger partial charge in [0.2, 0.25) is 10.9 Å². The molecule has 1 aliphatic rings. The summed E-state index contributed by atoms with van der Waals surface area (Å²) < 4.78 is 5.30. The third-order valence-electron chi connectivity index (χ3n) is 2.89. The molecule has 0 bridgehead atoms. The summed E-state index contributed by atoms with van der Waals surface area (Å²) in [5, 5.41) is 13.2. The average molecular weight is 285 g/mol. The van der Waals surface area contributed by atoms with Gasteiger partial charge in [-0.1, -0.05) is 0 Å². The van der Waals surface area contributed by atoms with Crippen LogP contribution in [0.3, 0.4) is 0 Å². The molecule has 0 spiro atoms. The molecule has 104 valence electrons. The van der Waals surface area contributed by atoms with Gasteiger partial charge in [-0.05, 0) is 0 Å². The molecule has 0 saturated carbocycles. The van der Waals surface area contributed by atoms with Crippen molar-refractivity contribution < 1.29 is 19.4 Å². The highest BCUT2D eigenvalue weighted by molar-refractivity contribution is 7.11. The van der Waals surface area contributed by atoms with Crippen molar-refractivity contribution in [1.82, 2.24) is 15.2 Å². The Morgan fingerprint density at radius 1 is 1.68 bits per heavy atom. The number of carboxylic acids is 1. The summed E-state index contributed by atoms with van der Waals surface area (Å²) in [6.07, 6.45) is 0. The first-order valence-corrected chi connectivity index (χ1v) is 6.71. The van der Waals surface area contributed by atoms with Gasteiger partial charge in [-0.15, -0.1) is 11.3 Å². The number of rotatable bonds is 4. The standard InChI is InChI=1S/C11H15N3O4S/c1-12-9(15)8-5-18-3-2-14(8)4-7-6-19-10(13-7)11(16)17/h6,8H,2-5H2,1H3,(H,12,15)(H,16,17). The fraction of sp³-hybridized carbons (Fsp3) is 0.545. The van der Waals surface area contributed by atoms with Crippen molar-refractivity contribution in [2.24, 2.45) is 0 Å². The summed E-state index contributed by atoms with van der Waals surface area (Å²) in [5.41, 5.74) is 0.665. The van der Waals surface area contributed by atoms with Gasteiger partial charge < -0.3 is 15.2 Å². The molecule has 19 heavy (non-hydrogen) atoms. The molecule has 8 heteroatoms. The Hall–Kier alpha value is -1.51. The third kappa shape index (κ3) is 3.28. The van der Waals surface area contributed by atoms with Gasteiger partial charge in [-0.2, -0.15) is 0 Å². The molecule has 0 aromatic carbocycles. The molecule has 0 radical (unpaired) electrons. The lowest BCUT2D eigenvalue weighted by molar-refractivity contribution is -0.132. The van der Waals surface area contributed by atoms with Gasteiger partial charge in [0.1, 0.15) is 6.04 Å². The number of aromatic carboxylic acids is 1. The van der Waals surface area contributed by atoms with Gasteiger partial charge in [0.15, 0.2) is 0 Å². The summed E-state index contributed by atoms with van der Waals surface area (Å²) in [4.78, 5) is 28.5. The van der Waals surface area contributed by atoms with Crippen molar-refractivity contribution in [2.75, 3.05) is 26.8 Å². The van der Waals surface area contributed by atoms with E-state index >= 15 is 0 Å². The predicted molar refractivity (Wildman–Crippen MR) is 68.2 cm³/mol. The maximum Gasteiger partial charge on any atom is 0.365 e. The molecule has 1 saturated heterocycles. The molecule has 1 aromatic heterocycles. The molecule has 1 aliphatic heterocycles. The van der Waals surface area contributed by atoms with Crippen LogP contribution in [0.25, 0.3) is 0 Å². The number of likely N-dealkylation sites (N-methyl/N-ethyl adjacent to an activating group) is 1. The SMILES string of the molecule is CNC(=O)C1COCCN1Cc1csc(C(=O)O)n1. The molecule has 2 N–H and O–H groups in total. The topological polar surface area (TPSA) is 91.8 Å². The number of carbonyl (C=O) groups is 2. The van der Waals surface area contributed by atoms with Crippen LogP contribution in [0.1, 0.15) is 15.5 Å². The highest BCUT2D eigenvalue weighted by atomic mass is 32.1. The fourth-order valence-electron chi connectivity index (χ4n) is 1.92. The van der Waals surface area contributed by atoms with Gasteiger partial charge in [0.05, 0.1) is 18.9 Å². The highest BCUT2D eigenvalue weighted by Gasteiger charge is 2.29. The normalized spacial score (nSPS) is 20.2. The summed E-state index contributed by atoms with van der Waals surface area (Å²) >= 11 is 1.09. The lowest BCUT2D eigenvalue weighted by Gasteiger charge is -2.33. The van der Waals surface area contributed by atoms with Crippen LogP contribution in [0.2, 0.25) is 0 Å². The summed E-state index contributed by atoms with van der Waals surface area (Å²) in [5.74, 6) is -1.13. The van der Waals surface area contributed by atoms with Gasteiger partial charge in [-0.3, -0.25) is 9.69 Å². The zero-order valence-corrected chi connectivity index (χ0v) is 11.3. The number of ether oxygens (including phenoxy) is 1. The van der Waals surface area contributed by atoms with Crippen molar-refractivity contribution >= 4 is 23.2 Å². The zero-order valence-electron chi connectivity index (χ0n) is 10.5. The molecular weight excluding hydrogens is 270 g/mol. The Balaban J connectivity index is 2.06. The molecule has 1 unspecified atom stereocenters. The van der Waals surface area contributed by atoms with E-state index in [1.54, 1.807) is 12.4 Å². The molecule has 7 nitrogen and oxygen atoms in total. The monoisotopic (exact) mass is 285 g/mol. The first-order chi connectivity index (χ1) is 9.11. The summed E-state index contributed by atoms with van der Waals surface area (Å²) in [6, 6.07) is -0.353. The van der Waals surface area contributed by atoms with Crippen molar-refractivity contribution in [2.45, 2.75) is 12.6 Å². The van der Waals surface area contributed by atoms with E-state index in [0.29, 0.717) is 32.0 Å². The molecule has 0 aliphatic carbocycles. The Bertz CT molecular complexity index is 476. The maximum absolute atomic E-state index is 11.7. The van der Waals surface area contributed by atoms with Crippen LogP contribution in [0.4, 0.5) is 0 Å². The Labute approximate surface area is 114 Å². The first kappa shape index (κ1) is 13.9. The summed E-state index contributed by atoms with van der Waals surface area (Å²) in [6.45, 7) is 1.97. The smallest absolute Gasteiger partial charge is 0.365 e. The Morgan fingerprint density at radius 2 is 2.47 bits per heavy atom. The van der Waals surface area contributed by atoms with E-state index in [1.807, 2.05) is 4.90 Å². The minimum absolute atomic E-state index is 0.0692. The van der Waals surface area contributed by atoms with Crippen molar-refractivity contribution in [3.05, 3.63) is 16.1 Å². The van der Waals surface area contributed by atoms with Crippen molar-refractivity contribution in [3.63, 3.8) is 0 Å². The minimum Gasteiger partial charge on any atom is -0.476 e. The molecule has 1 aromatic rings. The number of hydrogen-bond acceptors (Lipinski definition) is 6. The number of morpholine rings is 1. The number of hydrogen-bond donors (Lipinski definition) is 2. The fourth-order valence-corrected chi connectivity index (χ4v) is 2.57. The second-order valence-corrected chi connectivity index (χ2v) is 4.98. The molecule has 1 atom stereocenters. The molecule has 1 amide bonds. The Morgan fingerprint density at radius 3 is 3.11 bits per heavy atom. The van der Waals surface area contributed by atoms with E-state index in [2.05, 4.69) is 10.3 Å². The van der Waals surface area contributed by atoms with E-state index in [4.69, 9.17) is 9.84 Å². The number of aromatic nitrogens is 1. The number of carbonyl (C=O) groups excluding carboxylic acids is 1. The van der Waals surface area contributed by atoms with Gasteiger partial charge >= 0.3 is 5.97 Å². The number of thiazole rings is 1. The highest BCUT2D eigenvalue weighted by Crippen LogP contribution is 2.15. The lowest BCUT2D eigenvalue weighted by atomic mass is 10.2. The van der Waals surface area contributed by atoms with Crippen LogP contribution in [0.15, 0.2) is 5.38 Å². The van der Waals surface area contributed by atoms with E-state index in [-0.39, 0.29) is 17.0 Å². The van der Waals surface area contributed by atoms with Gasteiger partial charge in [0, 0.05) is 25.5 Å². The van der Waals surface area contributed by atoms with E-state index < -0.39 is 5.97 Å². The largest absolute Gasteiger partial charge is 0.476 e. The first-order valence-electron chi connectivity index (χ1n) is 5.83. The quantitative estimate of drug-likeness (QED) is 0.795. The molecule has 1 fully saturated rings. The van der Waals surface area contributed by atoms with Crippen molar-refractivity contribution in [3.8, 4) is 0 Å². The average Bonchev–Trinajstić information content (AvgIpc) is 2.87. The van der Waals surface area contributed by atoms with Gasteiger partial charge in [-0.25, -0.2) is 9.78 Å². The van der Waals surface area contributed by atoms with Crippen LogP contribution in [0.5, 0.6) is 0 Å². The zero-order chi connectivity index (χ0) is 13.8. The second kappa shape index (κ2) is 6.09. The number of nitrogens with zero attached hydrogens (tertiary/aromatic N) is 2. The van der Waals surface area contributed by atoms with Crippen LogP contribution in [-0.2, 0) is 16.1 Å². The van der Waals surface area contributed by atoms with E-state index in [1.165, 1.54) is 0 Å². The number of carboxylic acid groups (broad SMARTS) is 1. The number of nitrogens with one attached hydrogen (secondary N) is 1. The van der Waals surface area contributed by atoms with E-state index in [9.17, 15) is 9.59 Å². The van der Waals surface area contributed by atoms with Crippen molar-refractivity contribution in [1.29, 1.82) is 0 Å². The van der Waals surface area contributed by atoms with Crippen LogP contribution in [0, 0.1) is 0 Å². The Kier molecular flexibility index (Phi) is 4.46. The van der Waals surface area contributed by atoms with Gasteiger partial charge in [0.25, 0.3) is 0 Å². The van der Waals surface area contributed by atoms with Crippen LogP contribution >= 0.6 is 11.3 Å². The van der Waals surface area contributed by atoms with Crippen LogP contribution in [-0.4, -0.2) is 59.7 Å². The minimum atomic E-state index is -1.03. The van der Waals surface area contributed by atoms with E-state index in [0.717, 1.165) is 11.3 Å². The second-order valence-electron chi connectivity index (χ2n) is 4.12. The molecule has 2 rings (SSSR count).